The van der Waals surface area contributed by atoms with Crippen molar-refractivity contribution in [2.75, 3.05) is 23.3 Å². The van der Waals surface area contributed by atoms with Gasteiger partial charge in [0.2, 0.25) is 5.91 Å². The summed E-state index contributed by atoms with van der Waals surface area (Å²) in [6.07, 6.45) is 5.28. The molecule has 6 heteroatoms. The van der Waals surface area contributed by atoms with Crippen LogP contribution in [0.1, 0.15) is 49.1 Å². The van der Waals surface area contributed by atoms with Crippen molar-refractivity contribution < 1.29 is 14.3 Å². The van der Waals surface area contributed by atoms with E-state index in [1.165, 1.54) is 12.8 Å². The molecular formula is C23H25N3O3. The number of urea groups is 1. The maximum atomic E-state index is 12.5. The number of anilines is 2. The lowest BCUT2D eigenvalue weighted by molar-refractivity contribution is -0.116. The van der Waals surface area contributed by atoms with Crippen LogP contribution in [0.2, 0.25) is 0 Å². The van der Waals surface area contributed by atoms with Crippen LogP contribution in [-0.2, 0) is 4.79 Å². The number of nitrogens with one attached hydrogen (secondary N) is 2. The van der Waals surface area contributed by atoms with Crippen molar-refractivity contribution in [1.82, 2.24) is 5.32 Å². The van der Waals surface area contributed by atoms with Crippen molar-refractivity contribution in [3.63, 3.8) is 0 Å². The van der Waals surface area contributed by atoms with E-state index in [9.17, 15) is 9.59 Å². The number of carbonyl (C=O) groups excluding carboxylic acids is 2. The summed E-state index contributed by atoms with van der Waals surface area (Å²) in [7, 11) is 0. The lowest BCUT2D eigenvalue weighted by Gasteiger charge is -2.29. The lowest BCUT2D eigenvalue weighted by atomic mass is 9.84. The van der Waals surface area contributed by atoms with Gasteiger partial charge in [-0.2, -0.15) is 0 Å². The second-order valence-electron chi connectivity index (χ2n) is 8.02. The van der Waals surface area contributed by atoms with Gasteiger partial charge < -0.3 is 15.4 Å². The zero-order valence-corrected chi connectivity index (χ0v) is 16.3. The molecule has 0 spiro atoms. The number of para-hydroxylation sites is 1. The fourth-order valence-electron chi connectivity index (χ4n) is 4.68. The summed E-state index contributed by atoms with van der Waals surface area (Å²) in [5, 5.41) is 5.81. The highest BCUT2D eigenvalue weighted by atomic mass is 16.5. The van der Waals surface area contributed by atoms with E-state index in [2.05, 4.69) is 16.7 Å². The van der Waals surface area contributed by atoms with E-state index in [1.54, 1.807) is 4.90 Å². The maximum absolute atomic E-state index is 12.5. The number of fused-ring (bicyclic) bond motifs is 1. The molecule has 0 radical (unpaired) electrons. The van der Waals surface area contributed by atoms with Gasteiger partial charge in [0.1, 0.15) is 5.75 Å². The zero-order chi connectivity index (χ0) is 19.8. The third-order valence-electron chi connectivity index (χ3n) is 6.13. The van der Waals surface area contributed by atoms with Gasteiger partial charge in [0.05, 0.1) is 6.10 Å². The largest absolute Gasteiger partial charge is 0.490 e. The van der Waals surface area contributed by atoms with E-state index in [0.29, 0.717) is 19.5 Å². The molecule has 2 N–H and O–H groups in total. The SMILES string of the molecule is O=C1CC(c2ccccc2OC2CCCC2)c2ccc(N3CCNC3=O)cc2N1. The predicted molar refractivity (Wildman–Crippen MR) is 112 cm³/mol. The van der Waals surface area contributed by atoms with Crippen LogP contribution in [0.3, 0.4) is 0 Å². The average Bonchev–Trinajstić information content (AvgIpc) is 3.39. The molecule has 150 valence electrons. The van der Waals surface area contributed by atoms with Crippen LogP contribution < -0.4 is 20.3 Å². The van der Waals surface area contributed by atoms with Crippen molar-refractivity contribution in [2.24, 2.45) is 0 Å². The average molecular weight is 391 g/mol. The Morgan fingerprint density at radius 1 is 1.00 bits per heavy atom. The number of nitrogens with zero attached hydrogens (tertiary/aromatic N) is 1. The van der Waals surface area contributed by atoms with Gasteiger partial charge in [-0.15, -0.1) is 0 Å². The van der Waals surface area contributed by atoms with E-state index in [0.717, 1.165) is 41.1 Å². The lowest BCUT2D eigenvalue weighted by Crippen LogP contribution is -2.29. The molecule has 2 fully saturated rings. The molecule has 3 amide bonds. The molecule has 0 bridgehead atoms. The molecule has 3 aliphatic rings. The van der Waals surface area contributed by atoms with Crippen LogP contribution in [-0.4, -0.2) is 31.1 Å². The molecule has 1 saturated carbocycles. The van der Waals surface area contributed by atoms with Gasteiger partial charge in [-0.3, -0.25) is 9.69 Å². The third-order valence-corrected chi connectivity index (χ3v) is 6.13. The summed E-state index contributed by atoms with van der Waals surface area (Å²) in [6, 6.07) is 13.9. The minimum Gasteiger partial charge on any atom is -0.490 e. The highest BCUT2D eigenvalue weighted by molar-refractivity contribution is 5.98. The summed E-state index contributed by atoms with van der Waals surface area (Å²) in [5.74, 6) is 0.812. The van der Waals surface area contributed by atoms with Crippen LogP contribution in [0.5, 0.6) is 5.75 Å². The second kappa shape index (κ2) is 7.43. The molecule has 2 heterocycles. The van der Waals surface area contributed by atoms with Gasteiger partial charge in [0, 0.05) is 42.4 Å². The second-order valence-corrected chi connectivity index (χ2v) is 8.02. The summed E-state index contributed by atoms with van der Waals surface area (Å²) in [4.78, 5) is 26.2. The molecule has 2 aromatic rings. The van der Waals surface area contributed by atoms with Gasteiger partial charge in [-0.1, -0.05) is 24.3 Å². The highest BCUT2D eigenvalue weighted by Gasteiger charge is 2.31. The van der Waals surface area contributed by atoms with Crippen LogP contribution >= 0.6 is 0 Å². The van der Waals surface area contributed by atoms with E-state index >= 15 is 0 Å². The first-order valence-corrected chi connectivity index (χ1v) is 10.4. The number of hydrogen-bond acceptors (Lipinski definition) is 3. The molecule has 0 aromatic heterocycles. The Morgan fingerprint density at radius 2 is 1.83 bits per heavy atom. The standard InChI is InChI=1S/C23H25N3O3/c27-22-14-19(18-7-3-4-8-21(18)29-16-5-1-2-6-16)17-10-9-15(13-20(17)25-22)26-12-11-24-23(26)28/h3-4,7-10,13,16,19H,1-2,5-6,11-12,14H2,(H,24,28)(H,25,27). The number of amides is 3. The zero-order valence-electron chi connectivity index (χ0n) is 16.3. The molecule has 6 nitrogen and oxygen atoms in total. The smallest absolute Gasteiger partial charge is 0.321 e. The molecule has 29 heavy (non-hydrogen) atoms. The summed E-state index contributed by atoms with van der Waals surface area (Å²) >= 11 is 0. The first kappa shape index (κ1) is 18.0. The van der Waals surface area contributed by atoms with Crippen molar-refractivity contribution >= 4 is 23.3 Å². The number of hydrogen-bond donors (Lipinski definition) is 2. The Balaban J connectivity index is 1.50. The quantitative estimate of drug-likeness (QED) is 0.827. The van der Waals surface area contributed by atoms with Crippen molar-refractivity contribution in [3.05, 3.63) is 53.6 Å². The summed E-state index contributed by atoms with van der Waals surface area (Å²) < 4.78 is 6.34. The van der Waals surface area contributed by atoms with Gasteiger partial charge in [-0.05, 0) is 49.4 Å². The summed E-state index contributed by atoms with van der Waals surface area (Å²) in [6.45, 7) is 1.27. The van der Waals surface area contributed by atoms with Crippen LogP contribution in [0.15, 0.2) is 42.5 Å². The van der Waals surface area contributed by atoms with Crippen molar-refractivity contribution in [1.29, 1.82) is 0 Å². The minimum absolute atomic E-state index is 0.0128. The van der Waals surface area contributed by atoms with E-state index < -0.39 is 0 Å². The van der Waals surface area contributed by atoms with Crippen molar-refractivity contribution in [2.45, 2.75) is 44.1 Å². The van der Waals surface area contributed by atoms with E-state index in [-0.39, 0.29) is 24.0 Å². The van der Waals surface area contributed by atoms with Gasteiger partial charge >= 0.3 is 6.03 Å². The Kier molecular flexibility index (Phi) is 4.62. The Bertz CT molecular complexity index is 952. The fraction of sp³-hybridized carbons (Fsp3) is 0.391. The van der Waals surface area contributed by atoms with Crippen LogP contribution in [0.4, 0.5) is 16.2 Å². The highest BCUT2D eigenvalue weighted by Crippen LogP contribution is 2.42. The molecule has 2 aliphatic heterocycles. The Morgan fingerprint density at radius 3 is 2.62 bits per heavy atom. The summed E-state index contributed by atoms with van der Waals surface area (Å²) in [5.41, 5.74) is 3.70. The first-order chi connectivity index (χ1) is 14.2. The molecule has 1 atom stereocenters. The Hall–Kier alpha value is -3.02. The number of rotatable bonds is 4. The first-order valence-electron chi connectivity index (χ1n) is 10.4. The minimum atomic E-state index is -0.0982. The molecule has 5 rings (SSSR count). The number of ether oxygens (including phenoxy) is 1. The van der Waals surface area contributed by atoms with Crippen LogP contribution in [0, 0.1) is 0 Å². The normalized spacial score (nSPS) is 21.7. The topological polar surface area (TPSA) is 70.7 Å². The van der Waals surface area contributed by atoms with Gasteiger partial charge in [-0.25, -0.2) is 4.79 Å². The van der Waals surface area contributed by atoms with Crippen LogP contribution in [0.25, 0.3) is 0 Å². The third kappa shape index (κ3) is 3.43. The number of carbonyl (C=O) groups is 2. The van der Waals surface area contributed by atoms with Crippen molar-refractivity contribution in [3.8, 4) is 5.75 Å². The van der Waals surface area contributed by atoms with E-state index in [4.69, 9.17) is 4.74 Å². The van der Waals surface area contributed by atoms with E-state index in [1.807, 2.05) is 36.4 Å². The molecule has 2 aromatic carbocycles. The molecular weight excluding hydrogens is 366 g/mol. The molecule has 1 aliphatic carbocycles. The number of benzene rings is 2. The molecule has 1 saturated heterocycles. The fourth-order valence-corrected chi connectivity index (χ4v) is 4.68. The predicted octanol–water partition coefficient (Wildman–Crippen LogP) is 4.01. The monoisotopic (exact) mass is 391 g/mol. The molecule has 1 unspecified atom stereocenters. The van der Waals surface area contributed by atoms with Gasteiger partial charge in [0.25, 0.3) is 0 Å². The van der Waals surface area contributed by atoms with Gasteiger partial charge in [0.15, 0.2) is 0 Å². The maximum Gasteiger partial charge on any atom is 0.321 e. The Labute approximate surface area is 170 Å².